The van der Waals surface area contributed by atoms with E-state index in [0.29, 0.717) is 6.61 Å². The van der Waals surface area contributed by atoms with Crippen molar-refractivity contribution in [2.45, 2.75) is 121 Å². The third-order valence-corrected chi connectivity index (χ3v) is 5.70. The molecule has 0 aliphatic carbocycles. The lowest BCUT2D eigenvalue weighted by atomic mass is 10.1. The largest absolute Gasteiger partial charge is 0.394 e. The van der Waals surface area contributed by atoms with Crippen LogP contribution in [-0.4, -0.2) is 59.6 Å². The van der Waals surface area contributed by atoms with E-state index in [1.54, 1.807) is 0 Å². The maximum Gasteiger partial charge on any atom is 0.114 e. The minimum absolute atomic E-state index is 0.150. The molecule has 1 heterocycles. The fraction of sp³-hybridized carbons (Fsp3) is 0.917. The quantitative estimate of drug-likeness (QED) is 0.214. The van der Waals surface area contributed by atoms with Gasteiger partial charge in [-0.2, -0.15) is 0 Å². The van der Waals surface area contributed by atoms with Gasteiger partial charge in [0.15, 0.2) is 0 Å². The van der Waals surface area contributed by atoms with Gasteiger partial charge in [0.05, 0.1) is 13.2 Å². The maximum absolute atomic E-state index is 9.89. The molecule has 1 aliphatic heterocycles. The highest BCUT2D eigenvalue weighted by Gasteiger charge is 2.40. The van der Waals surface area contributed by atoms with Gasteiger partial charge < -0.3 is 24.8 Å². The van der Waals surface area contributed by atoms with E-state index in [-0.39, 0.29) is 13.2 Å². The van der Waals surface area contributed by atoms with Gasteiger partial charge in [-0.05, 0) is 32.1 Å². The number of unbranched alkanes of at least 4 members (excludes halogenated alkanes) is 12. The molecule has 1 saturated heterocycles. The molecule has 1 aliphatic rings. The lowest BCUT2D eigenvalue weighted by Crippen LogP contribution is -2.42. The number of hydrogen-bond donors (Lipinski definition) is 3. The van der Waals surface area contributed by atoms with Gasteiger partial charge in [-0.3, -0.25) is 0 Å². The van der Waals surface area contributed by atoms with Gasteiger partial charge in [-0.25, -0.2) is 0 Å². The van der Waals surface area contributed by atoms with E-state index in [0.717, 1.165) is 19.3 Å². The van der Waals surface area contributed by atoms with Crippen LogP contribution in [0.3, 0.4) is 0 Å². The Labute approximate surface area is 178 Å². The van der Waals surface area contributed by atoms with Crippen molar-refractivity contribution in [2.75, 3.05) is 19.8 Å². The van der Waals surface area contributed by atoms with Crippen LogP contribution in [0.15, 0.2) is 12.2 Å². The highest BCUT2D eigenvalue weighted by Crippen LogP contribution is 2.21. The summed E-state index contributed by atoms with van der Waals surface area (Å²) in [5, 5.41) is 28.7. The third kappa shape index (κ3) is 12.7. The Kier molecular flexibility index (Phi) is 16.8. The molecule has 0 aromatic heterocycles. The van der Waals surface area contributed by atoms with Crippen molar-refractivity contribution in [3.63, 3.8) is 0 Å². The van der Waals surface area contributed by atoms with Crippen LogP contribution in [0.25, 0.3) is 0 Å². The molecule has 0 spiro atoms. The van der Waals surface area contributed by atoms with E-state index in [1.807, 2.05) is 0 Å². The number of aliphatic hydroxyl groups excluding tert-OH is 3. The molecule has 0 amide bonds. The fourth-order valence-corrected chi connectivity index (χ4v) is 3.83. The van der Waals surface area contributed by atoms with Gasteiger partial charge in [-0.15, -0.1) is 0 Å². The number of hydrogen-bond acceptors (Lipinski definition) is 5. The van der Waals surface area contributed by atoms with Crippen molar-refractivity contribution in [3.05, 3.63) is 12.2 Å². The van der Waals surface area contributed by atoms with Crippen molar-refractivity contribution < 1.29 is 24.8 Å². The fourth-order valence-electron chi connectivity index (χ4n) is 3.83. The van der Waals surface area contributed by atoms with Crippen LogP contribution in [0.5, 0.6) is 0 Å². The van der Waals surface area contributed by atoms with E-state index in [4.69, 9.17) is 14.6 Å². The van der Waals surface area contributed by atoms with E-state index in [1.165, 1.54) is 70.6 Å². The van der Waals surface area contributed by atoms with E-state index < -0.39 is 24.4 Å². The van der Waals surface area contributed by atoms with Crippen LogP contribution < -0.4 is 0 Å². The predicted octanol–water partition coefficient (Wildman–Crippen LogP) is 4.52. The summed E-state index contributed by atoms with van der Waals surface area (Å²) in [6.07, 6.45) is 19.6. The van der Waals surface area contributed by atoms with Crippen molar-refractivity contribution >= 4 is 0 Å². The number of aliphatic hydroxyl groups is 3. The Bertz CT molecular complexity index is 387. The smallest absolute Gasteiger partial charge is 0.114 e. The normalized spacial score (nSPS) is 23.2. The Morgan fingerprint density at radius 2 is 1.45 bits per heavy atom. The molecule has 0 radical (unpaired) electrons. The molecule has 0 unspecified atom stereocenters. The molecule has 29 heavy (non-hydrogen) atoms. The van der Waals surface area contributed by atoms with Crippen LogP contribution in [0.1, 0.15) is 96.8 Å². The molecule has 5 nitrogen and oxygen atoms in total. The molecule has 1 rings (SSSR count). The summed E-state index contributed by atoms with van der Waals surface area (Å²) in [6, 6.07) is 0. The molecule has 5 heteroatoms. The van der Waals surface area contributed by atoms with Gasteiger partial charge in [0.25, 0.3) is 0 Å². The first-order chi connectivity index (χ1) is 14.2. The van der Waals surface area contributed by atoms with Crippen molar-refractivity contribution in [1.29, 1.82) is 0 Å². The summed E-state index contributed by atoms with van der Waals surface area (Å²) < 4.78 is 11.0. The minimum atomic E-state index is -1.00. The van der Waals surface area contributed by atoms with E-state index in [9.17, 15) is 10.2 Å². The van der Waals surface area contributed by atoms with Crippen LogP contribution in [-0.2, 0) is 9.47 Å². The molecular formula is C24H46O5. The van der Waals surface area contributed by atoms with Crippen LogP contribution in [0.4, 0.5) is 0 Å². The molecule has 172 valence electrons. The van der Waals surface area contributed by atoms with Crippen molar-refractivity contribution in [3.8, 4) is 0 Å². The molecule has 1 fully saturated rings. The Balaban J connectivity index is 1.88. The lowest BCUT2D eigenvalue weighted by molar-refractivity contribution is -0.0938. The van der Waals surface area contributed by atoms with Crippen LogP contribution in [0.2, 0.25) is 0 Å². The molecule has 0 bridgehead atoms. The highest BCUT2D eigenvalue weighted by molar-refractivity contribution is 4.89. The first-order valence-electron chi connectivity index (χ1n) is 12.1. The first-order valence-corrected chi connectivity index (χ1v) is 12.1. The van der Waals surface area contributed by atoms with Gasteiger partial charge in [0.1, 0.15) is 24.4 Å². The van der Waals surface area contributed by atoms with E-state index in [2.05, 4.69) is 19.1 Å². The second-order valence-electron chi connectivity index (χ2n) is 8.39. The zero-order valence-electron chi connectivity index (χ0n) is 18.6. The van der Waals surface area contributed by atoms with Crippen molar-refractivity contribution in [1.82, 2.24) is 0 Å². The average molecular weight is 415 g/mol. The first kappa shape index (κ1) is 26.6. The molecule has 0 aromatic rings. The van der Waals surface area contributed by atoms with E-state index >= 15 is 0 Å². The van der Waals surface area contributed by atoms with Crippen molar-refractivity contribution in [2.24, 2.45) is 0 Å². The standard InChI is InChI=1S/C24H46O5/c1-2-3-4-5-6-7-8-9-10-11-12-13-14-15-16-17-18-28-24-22(27)20-29-23(24)21(26)19-25/h11-12,21-27H,2-10,13-20H2,1H3/b12-11+/t21-,22+,23-,24-/m0/s1. The predicted molar refractivity (Wildman–Crippen MR) is 118 cm³/mol. The summed E-state index contributed by atoms with van der Waals surface area (Å²) in [4.78, 5) is 0. The Morgan fingerprint density at radius 1 is 0.897 bits per heavy atom. The zero-order chi connectivity index (χ0) is 21.2. The molecular weight excluding hydrogens is 368 g/mol. The molecule has 3 N–H and O–H groups in total. The molecule has 0 aromatic carbocycles. The average Bonchev–Trinajstić information content (AvgIpc) is 3.10. The van der Waals surface area contributed by atoms with Gasteiger partial charge >= 0.3 is 0 Å². The molecule has 4 atom stereocenters. The van der Waals surface area contributed by atoms with Crippen LogP contribution >= 0.6 is 0 Å². The lowest BCUT2D eigenvalue weighted by Gasteiger charge is -2.23. The van der Waals surface area contributed by atoms with Gasteiger partial charge in [0.2, 0.25) is 0 Å². The number of allylic oxidation sites excluding steroid dienone is 2. The summed E-state index contributed by atoms with van der Waals surface area (Å²) in [7, 11) is 0. The zero-order valence-corrected chi connectivity index (χ0v) is 18.6. The highest BCUT2D eigenvalue weighted by atomic mass is 16.6. The SMILES string of the molecule is CCCCCCCCCC/C=C/CCCCCCO[C@@H]1[C@H]([C@@H](O)CO)OC[C@H]1O. The Morgan fingerprint density at radius 3 is 2.03 bits per heavy atom. The maximum atomic E-state index is 9.89. The second kappa shape index (κ2) is 18.3. The monoisotopic (exact) mass is 414 g/mol. The summed E-state index contributed by atoms with van der Waals surface area (Å²) >= 11 is 0. The Hall–Kier alpha value is -0.460. The number of ether oxygens (including phenoxy) is 2. The summed E-state index contributed by atoms with van der Waals surface area (Å²) in [5.74, 6) is 0. The van der Waals surface area contributed by atoms with Gasteiger partial charge in [0, 0.05) is 6.61 Å². The topological polar surface area (TPSA) is 79.2 Å². The molecule has 0 saturated carbocycles. The minimum Gasteiger partial charge on any atom is -0.394 e. The summed E-state index contributed by atoms with van der Waals surface area (Å²) in [6.45, 7) is 2.58. The second-order valence-corrected chi connectivity index (χ2v) is 8.39. The van der Waals surface area contributed by atoms with Gasteiger partial charge in [-0.1, -0.05) is 76.9 Å². The van der Waals surface area contributed by atoms with Crippen LogP contribution in [0, 0.1) is 0 Å². The number of rotatable bonds is 19. The third-order valence-electron chi connectivity index (χ3n) is 5.70. The summed E-state index contributed by atoms with van der Waals surface area (Å²) in [5.41, 5.74) is 0.